The zero-order chi connectivity index (χ0) is 26.9. The van der Waals surface area contributed by atoms with Crippen LogP contribution >= 0.6 is 0 Å². The normalized spacial score (nSPS) is 11.9. The maximum Gasteiger partial charge on any atom is 0.0645 e. The predicted octanol–water partition coefficient (Wildman–Crippen LogP) is 10.3. The molecule has 9 rings (SSSR count). The van der Waals surface area contributed by atoms with Gasteiger partial charge in [0.25, 0.3) is 0 Å². The summed E-state index contributed by atoms with van der Waals surface area (Å²) >= 11 is 0. The number of rotatable bonds is 3. The minimum atomic E-state index is 1.07. The largest absolute Gasteiger partial charge is 0.308 e. The molecule has 0 amide bonds. The quantitative estimate of drug-likeness (QED) is 0.227. The fraction of sp³-hybridized carbons (Fsp3) is 0. The Bertz CT molecular complexity index is 2260. The van der Waals surface area contributed by atoms with E-state index in [2.05, 4.69) is 137 Å². The predicted molar refractivity (Wildman–Crippen MR) is 171 cm³/mol. The maximum atomic E-state index is 4.37. The smallest absolute Gasteiger partial charge is 0.0645 e. The number of fused-ring (bicyclic) bond motifs is 6. The van der Waals surface area contributed by atoms with Crippen molar-refractivity contribution in [1.82, 2.24) is 9.55 Å². The molecule has 2 aromatic heterocycles. The highest BCUT2D eigenvalue weighted by Crippen LogP contribution is 2.49. The Balaban J connectivity index is 1.15. The second-order valence-corrected chi connectivity index (χ2v) is 10.8. The molecule has 0 spiro atoms. The summed E-state index contributed by atoms with van der Waals surface area (Å²) in [7, 11) is 0. The molecule has 1 aliphatic rings. The molecule has 0 unspecified atom stereocenters. The second-order valence-electron chi connectivity index (χ2n) is 10.8. The maximum absolute atomic E-state index is 4.37. The first-order valence-corrected chi connectivity index (χ1v) is 14.1. The Labute approximate surface area is 237 Å². The fourth-order valence-corrected chi connectivity index (χ4v) is 6.82. The molecule has 0 saturated heterocycles. The molecule has 0 N–H and O–H groups in total. The Morgan fingerprint density at radius 3 is 1.90 bits per heavy atom. The summed E-state index contributed by atoms with van der Waals surface area (Å²) in [6.07, 6.45) is 3.75. The van der Waals surface area contributed by atoms with Gasteiger partial charge in [-0.05, 0) is 85.6 Å². The average Bonchev–Trinajstić information content (AvgIpc) is 3.56. The molecule has 0 fully saturated rings. The summed E-state index contributed by atoms with van der Waals surface area (Å²) in [5.74, 6) is 0. The van der Waals surface area contributed by atoms with Gasteiger partial charge in [-0.3, -0.25) is 4.98 Å². The summed E-state index contributed by atoms with van der Waals surface area (Å²) in [5, 5.41) is 5.18. The topological polar surface area (TPSA) is 17.8 Å². The number of pyridine rings is 1. The molecule has 190 valence electrons. The molecule has 8 aromatic rings. The van der Waals surface area contributed by atoms with E-state index in [0.29, 0.717) is 0 Å². The van der Waals surface area contributed by atoms with Gasteiger partial charge in [-0.25, -0.2) is 0 Å². The molecule has 0 radical (unpaired) electrons. The van der Waals surface area contributed by atoms with Crippen LogP contribution in [0.1, 0.15) is 0 Å². The van der Waals surface area contributed by atoms with Crippen molar-refractivity contribution in [1.29, 1.82) is 0 Å². The van der Waals surface area contributed by atoms with Crippen LogP contribution in [-0.4, -0.2) is 9.55 Å². The van der Waals surface area contributed by atoms with Crippen LogP contribution in [-0.2, 0) is 0 Å². The lowest BCUT2D eigenvalue weighted by Gasteiger charge is -2.11. The van der Waals surface area contributed by atoms with Crippen molar-refractivity contribution in [2.75, 3.05) is 0 Å². The highest BCUT2D eigenvalue weighted by Gasteiger charge is 2.22. The third kappa shape index (κ3) is 3.22. The van der Waals surface area contributed by atoms with Crippen molar-refractivity contribution in [2.24, 2.45) is 0 Å². The van der Waals surface area contributed by atoms with Crippen molar-refractivity contribution < 1.29 is 0 Å². The molecule has 0 bridgehead atoms. The van der Waals surface area contributed by atoms with Crippen LogP contribution in [0, 0.1) is 0 Å². The van der Waals surface area contributed by atoms with Crippen molar-refractivity contribution in [3.05, 3.63) is 146 Å². The van der Waals surface area contributed by atoms with Gasteiger partial charge in [0.2, 0.25) is 0 Å². The van der Waals surface area contributed by atoms with E-state index in [0.717, 1.165) is 5.69 Å². The molecule has 2 heterocycles. The van der Waals surface area contributed by atoms with E-state index in [4.69, 9.17) is 0 Å². The van der Waals surface area contributed by atoms with Crippen LogP contribution in [0.4, 0.5) is 0 Å². The first-order valence-electron chi connectivity index (χ1n) is 14.1. The minimum Gasteiger partial charge on any atom is -0.308 e. The average molecular weight is 521 g/mol. The van der Waals surface area contributed by atoms with E-state index in [1.807, 2.05) is 18.5 Å². The van der Waals surface area contributed by atoms with Crippen LogP contribution in [0.5, 0.6) is 0 Å². The van der Waals surface area contributed by atoms with Gasteiger partial charge < -0.3 is 4.57 Å². The Morgan fingerprint density at radius 2 is 1.07 bits per heavy atom. The summed E-state index contributed by atoms with van der Waals surface area (Å²) in [5.41, 5.74) is 13.7. The Kier molecular flexibility index (Phi) is 4.64. The molecule has 0 saturated carbocycles. The Hall–Kier alpha value is -5.47. The SMILES string of the molecule is c1cncc(-n2c3ccccc3c3cc(-c4ccc(-c5ccc6c7c(cccc57)-c5ccccc5-6)cc4)ccc32)c1. The molecule has 41 heavy (non-hydrogen) atoms. The van der Waals surface area contributed by atoms with Crippen LogP contribution in [0.2, 0.25) is 0 Å². The third-order valence-corrected chi connectivity index (χ3v) is 8.65. The first-order chi connectivity index (χ1) is 20.3. The van der Waals surface area contributed by atoms with E-state index in [1.165, 1.54) is 77.1 Å². The molecule has 0 aliphatic heterocycles. The van der Waals surface area contributed by atoms with Crippen molar-refractivity contribution in [2.45, 2.75) is 0 Å². The van der Waals surface area contributed by atoms with E-state index >= 15 is 0 Å². The lowest BCUT2D eigenvalue weighted by molar-refractivity contribution is 1.14. The van der Waals surface area contributed by atoms with Crippen LogP contribution in [0.15, 0.2) is 146 Å². The highest BCUT2D eigenvalue weighted by molar-refractivity contribution is 6.18. The number of hydrogen-bond acceptors (Lipinski definition) is 1. The van der Waals surface area contributed by atoms with Crippen molar-refractivity contribution in [3.8, 4) is 50.2 Å². The number of hydrogen-bond donors (Lipinski definition) is 0. The zero-order valence-electron chi connectivity index (χ0n) is 22.3. The monoisotopic (exact) mass is 520 g/mol. The molecule has 6 aromatic carbocycles. The van der Waals surface area contributed by atoms with Gasteiger partial charge in [0, 0.05) is 17.0 Å². The van der Waals surface area contributed by atoms with Gasteiger partial charge in [0.15, 0.2) is 0 Å². The molecule has 1 aliphatic carbocycles. The first kappa shape index (κ1) is 22.4. The van der Waals surface area contributed by atoms with Crippen LogP contribution in [0.3, 0.4) is 0 Å². The third-order valence-electron chi connectivity index (χ3n) is 8.65. The molecule has 2 nitrogen and oxygen atoms in total. The zero-order valence-corrected chi connectivity index (χ0v) is 22.3. The highest BCUT2D eigenvalue weighted by atomic mass is 15.0. The minimum absolute atomic E-state index is 1.07. The Morgan fingerprint density at radius 1 is 0.415 bits per heavy atom. The van der Waals surface area contributed by atoms with Crippen molar-refractivity contribution in [3.63, 3.8) is 0 Å². The molecular weight excluding hydrogens is 496 g/mol. The second kappa shape index (κ2) is 8.51. The van der Waals surface area contributed by atoms with E-state index in [9.17, 15) is 0 Å². The lowest BCUT2D eigenvalue weighted by Crippen LogP contribution is -1.93. The summed E-state index contributed by atoms with van der Waals surface area (Å²) in [6, 6.07) is 48.6. The van der Waals surface area contributed by atoms with Crippen LogP contribution < -0.4 is 0 Å². The molecular formula is C39H24N2. The van der Waals surface area contributed by atoms with Gasteiger partial charge in [0.05, 0.1) is 22.9 Å². The van der Waals surface area contributed by atoms with E-state index in [-0.39, 0.29) is 0 Å². The summed E-state index contributed by atoms with van der Waals surface area (Å²) < 4.78 is 2.30. The molecule has 0 atom stereocenters. The van der Waals surface area contributed by atoms with Gasteiger partial charge in [0.1, 0.15) is 0 Å². The van der Waals surface area contributed by atoms with Crippen molar-refractivity contribution >= 4 is 32.6 Å². The summed E-state index contributed by atoms with van der Waals surface area (Å²) in [6.45, 7) is 0. The standard InChI is InChI=1S/C39H24N2/c1-2-9-31-30(8-1)34-12-5-11-33-29(19-20-35(31)39(33)34)26-16-14-25(15-17-26)27-18-21-38-36(23-27)32-10-3-4-13-37(32)41(38)28-7-6-22-40-24-28/h1-24H. The number of benzene rings is 6. The summed E-state index contributed by atoms with van der Waals surface area (Å²) in [4.78, 5) is 4.37. The lowest BCUT2D eigenvalue weighted by atomic mass is 9.93. The van der Waals surface area contributed by atoms with Gasteiger partial charge in [-0.15, -0.1) is 0 Å². The van der Waals surface area contributed by atoms with E-state index < -0.39 is 0 Å². The number of para-hydroxylation sites is 1. The fourth-order valence-electron chi connectivity index (χ4n) is 6.82. The van der Waals surface area contributed by atoms with E-state index in [1.54, 1.807) is 0 Å². The number of aromatic nitrogens is 2. The van der Waals surface area contributed by atoms with Gasteiger partial charge in [-0.2, -0.15) is 0 Å². The molecule has 2 heteroatoms. The van der Waals surface area contributed by atoms with Gasteiger partial charge in [-0.1, -0.05) is 103 Å². The number of nitrogens with zero attached hydrogens (tertiary/aromatic N) is 2. The van der Waals surface area contributed by atoms with Crippen LogP contribution in [0.25, 0.3) is 82.8 Å². The van der Waals surface area contributed by atoms with Gasteiger partial charge >= 0.3 is 0 Å².